The summed E-state index contributed by atoms with van der Waals surface area (Å²) in [6.07, 6.45) is 4.52. The van der Waals surface area contributed by atoms with Gasteiger partial charge in [0.05, 0.1) is 28.0 Å². The summed E-state index contributed by atoms with van der Waals surface area (Å²) in [5.74, 6) is 0. The molecule has 0 aliphatic carbocycles. The van der Waals surface area contributed by atoms with E-state index >= 15 is 0 Å². The summed E-state index contributed by atoms with van der Waals surface area (Å²) >= 11 is 12.9. The summed E-state index contributed by atoms with van der Waals surface area (Å²) in [5, 5.41) is 18.1. The number of hydrogen-bond acceptors (Lipinski definition) is 4. The molecular formula is C22H20Cl2N4O. The normalized spacial score (nSPS) is 11.0. The number of benzene rings is 2. The predicted octanol–water partition coefficient (Wildman–Crippen LogP) is 5.76. The van der Waals surface area contributed by atoms with Crippen LogP contribution >= 0.6 is 23.2 Å². The summed E-state index contributed by atoms with van der Waals surface area (Å²) in [7, 11) is 0. The number of aromatic amines is 1. The third kappa shape index (κ3) is 4.48. The monoisotopic (exact) mass is 426 g/mol. The van der Waals surface area contributed by atoms with Gasteiger partial charge in [0.15, 0.2) is 0 Å². The maximum absolute atomic E-state index is 9.22. The third-order valence-electron chi connectivity index (χ3n) is 4.68. The Morgan fingerprint density at radius 1 is 1.00 bits per heavy atom. The van der Waals surface area contributed by atoms with E-state index < -0.39 is 0 Å². The number of pyridine rings is 1. The number of H-pyrrole nitrogens is 1. The highest BCUT2D eigenvalue weighted by atomic mass is 35.5. The van der Waals surface area contributed by atoms with E-state index in [2.05, 4.69) is 32.7 Å². The van der Waals surface area contributed by atoms with Crippen molar-refractivity contribution in [3.8, 4) is 0 Å². The first-order valence-corrected chi connectivity index (χ1v) is 10.0. The molecule has 5 nitrogen and oxygen atoms in total. The summed E-state index contributed by atoms with van der Waals surface area (Å²) in [5.41, 5.74) is 5.24. The number of aromatic nitrogens is 2. The number of nitrogens with one attached hydrogen (secondary N) is 3. The van der Waals surface area contributed by atoms with Crippen LogP contribution in [0.4, 0.5) is 17.1 Å². The Bertz CT molecular complexity index is 1120. The van der Waals surface area contributed by atoms with E-state index in [-0.39, 0.29) is 6.61 Å². The van der Waals surface area contributed by atoms with Gasteiger partial charge >= 0.3 is 0 Å². The van der Waals surface area contributed by atoms with Gasteiger partial charge in [-0.1, -0.05) is 41.4 Å². The molecule has 0 radical (unpaired) electrons. The van der Waals surface area contributed by atoms with Gasteiger partial charge in [-0.05, 0) is 42.3 Å². The van der Waals surface area contributed by atoms with Crippen LogP contribution in [0, 0.1) is 0 Å². The molecular weight excluding hydrogens is 407 g/mol. The number of aliphatic hydroxyl groups excluding tert-OH is 1. The minimum absolute atomic E-state index is 0.115. The second kappa shape index (κ2) is 8.74. The molecule has 0 saturated carbocycles. The van der Waals surface area contributed by atoms with Crippen molar-refractivity contribution >= 4 is 51.2 Å². The average molecular weight is 427 g/mol. The van der Waals surface area contributed by atoms with Crippen LogP contribution < -0.4 is 10.6 Å². The van der Waals surface area contributed by atoms with Crippen molar-refractivity contribution in [2.45, 2.75) is 13.0 Å². The first-order chi connectivity index (χ1) is 14.1. The molecule has 2 aromatic carbocycles. The molecule has 0 atom stereocenters. The van der Waals surface area contributed by atoms with Gasteiger partial charge < -0.3 is 20.7 Å². The smallest absolute Gasteiger partial charge is 0.0853 e. The lowest BCUT2D eigenvalue weighted by molar-refractivity contribution is 0.277. The van der Waals surface area contributed by atoms with Gasteiger partial charge in [-0.3, -0.25) is 4.98 Å². The zero-order chi connectivity index (χ0) is 20.2. The Hall–Kier alpha value is -2.73. The molecule has 148 valence electrons. The van der Waals surface area contributed by atoms with E-state index in [1.54, 1.807) is 12.3 Å². The second-order valence-corrected chi connectivity index (χ2v) is 7.48. The Morgan fingerprint density at radius 2 is 1.79 bits per heavy atom. The highest BCUT2D eigenvalue weighted by Crippen LogP contribution is 2.35. The lowest BCUT2D eigenvalue weighted by atomic mass is 10.1. The van der Waals surface area contributed by atoms with E-state index in [4.69, 9.17) is 23.2 Å². The number of fused-ring (bicyclic) bond motifs is 1. The number of nitrogens with zero attached hydrogens (tertiary/aromatic N) is 1. The van der Waals surface area contributed by atoms with Crippen LogP contribution in [0.5, 0.6) is 0 Å². The number of rotatable bonds is 7. The van der Waals surface area contributed by atoms with Gasteiger partial charge in [0.25, 0.3) is 0 Å². The number of para-hydroxylation sites is 1. The van der Waals surface area contributed by atoms with Gasteiger partial charge in [-0.25, -0.2) is 0 Å². The summed E-state index contributed by atoms with van der Waals surface area (Å²) in [4.78, 5) is 7.36. The zero-order valence-electron chi connectivity index (χ0n) is 15.5. The number of aliphatic hydroxyl groups is 1. The van der Waals surface area contributed by atoms with Crippen LogP contribution in [0.3, 0.4) is 0 Å². The molecule has 0 unspecified atom stereocenters. The zero-order valence-corrected chi connectivity index (χ0v) is 17.1. The van der Waals surface area contributed by atoms with E-state index in [1.807, 2.05) is 36.5 Å². The standard InChI is InChI=1S/C22H20Cl2N4O/c23-19-10-16(28-15-6-8-25-17(9-15)13-29)11-20(24)22(19)26-7-5-14-12-27-21-4-2-1-3-18(14)21/h1-4,6,8-12,26-27,29H,5,7,13H2,(H,25,28). The molecule has 2 aromatic heterocycles. The van der Waals surface area contributed by atoms with Crippen molar-refractivity contribution in [3.63, 3.8) is 0 Å². The van der Waals surface area contributed by atoms with Gasteiger partial charge in [-0.15, -0.1) is 0 Å². The second-order valence-electron chi connectivity index (χ2n) is 6.67. The highest BCUT2D eigenvalue weighted by molar-refractivity contribution is 6.39. The van der Waals surface area contributed by atoms with E-state index in [0.29, 0.717) is 28.0 Å². The summed E-state index contributed by atoms with van der Waals surface area (Å²) < 4.78 is 0. The quantitative estimate of drug-likeness (QED) is 0.303. The first kappa shape index (κ1) is 19.6. The van der Waals surface area contributed by atoms with Crippen molar-refractivity contribution in [2.24, 2.45) is 0 Å². The molecule has 4 N–H and O–H groups in total. The molecule has 0 amide bonds. The van der Waals surface area contributed by atoms with E-state index in [1.165, 1.54) is 10.9 Å². The van der Waals surface area contributed by atoms with Crippen LogP contribution in [-0.4, -0.2) is 21.6 Å². The fourth-order valence-electron chi connectivity index (χ4n) is 3.28. The van der Waals surface area contributed by atoms with E-state index in [0.717, 1.165) is 23.3 Å². The van der Waals surface area contributed by atoms with Crippen molar-refractivity contribution in [3.05, 3.63) is 82.2 Å². The Morgan fingerprint density at radius 3 is 2.59 bits per heavy atom. The molecule has 4 aromatic rings. The van der Waals surface area contributed by atoms with Gasteiger partial charge in [0.2, 0.25) is 0 Å². The van der Waals surface area contributed by atoms with Crippen molar-refractivity contribution in [1.29, 1.82) is 0 Å². The number of anilines is 3. The van der Waals surface area contributed by atoms with Crippen LogP contribution in [0.2, 0.25) is 10.0 Å². The number of halogens is 2. The Balaban J connectivity index is 1.44. The minimum Gasteiger partial charge on any atom is -0.390 e. The molecule has 0 aliphatic heterocycles. The summed E-state index contributed by atoms with van der Waals surface area (Å²) in [6.45, 7) is 0.592. The molecule has 7 heteroatoms. The number of hydrogen-bond donors (Lipinski definition) is 4. The summed E-state index contributed by atoms with van der Waals surface area (Å²) in [6, 6.07) is 15.5. The lowest BCUT2D eigenvalue weighted by Gasteiger charge is -2.14. The molecule has 0 fully saturated rings. The van der Waals surface area contributed by atoms with Crippen LogP contribution in [0.25, 0.3) is 10.9 Å². The maximum atomic E-state index is 9.22. The van der Waals surface area contributed by atoms with Gasteiger partial charge in [0.1, 0.15) is 0 Å². The fraction of sp³-hybridized carbons (Fsp3) is 0.136. The average Bonchev–Trinajstić information content (AvgIpc) is 3.13. The Kier molecular flexibility index (Phi) is 5.90. The highest BCUT2D eigenvalue weighted by Gasteiger charge is 2.10. The molecule has 0 spiro atoms. The van der Waals surface area contributed by atoms with Crippen molar-refractivity contribution in [1.82, 2.24) is 9.97 Å². The van der Waals surface area contributed by atoms with E-state index in [9.17, 15) is 5.11 Å². The topological polar surface area (TPSA) is 73.0 Å². The predicted molar refractivity (Wildman–Crippen MR) is 120 cm³/mol. The van der Waals surface area contributed by atoms with Crippen molar-refractivity contribution < 1.29 is 5.11 Å². The molecule has 4 rings (SSSR count). The molecule has 29 heavy (non-hydrogen) atoms. The SMILES string of the molecule is OCc1cc(Nc2cc(Cl)c(NCCc3c[nH]c4ccccc34)c(Cl)c2)ccn1. The third-order valence-corrected chi connectivity index (χ3v) is 5.28. The largest absolute Gasteiger partial charge is 0.390 e. The minimum atomic E-state index is -0.115. The van der Waals surface area contributed by atoms with Crippen LogP contribution in [-0.2, 0) is 13.0 Å². The van der Waals surface area contributed by atoms with Gasteiger partial charge in [-0.2, -0.15) is 0 Å². The van der Waals surface area contributed by atoms with Gasteiger partial charge in [0, 0.05) is 41.2 Å². The van der Waals surface area contributed by atoms with Crippen molar-refractivity contribution in [2.75, 3.05) is 17.2 Å². The fourth-order valence-corrected chi connectivity index (χ4v) is 3.90. The molecule has 0 bridgehead atoms. The van der Waals surface area contributed by atoms with Crippen LogP contribution in [0.15, 0.2) is 60.9 Å². The molecule has 2 heterocycles. The Labute approximate surface area is 178 Å². The first-order valence-electron chi connectivity index (χ1n) is 9.25. The van der Waals surface area contributed by atoms with Crippen LogP contribution in [0.1, 0.15) is 11.3 Å². The maximum Gasteiger partial charge on any atom is 0.0853 e. The lowest BCUT2D eigenvalue weighted by Crippen LogP contribution is -2.06. The molecule has 0 saturated heterocycles. The molecule has 0 aliphatic rings.